The van der Waals surface area contributed by atoms with Gasteiger partial charge in [0.05, 0.1) is 0 Å². The maximum atomic E-state index is 11.0. The number of H-pyrrole nitrogens is 1. The summed E-state index contributed by atoms with van der Waals surface area (Å²) in [6.45, 7) is -0.677. The Morgan fingerprint density at radius 1 is 1.62 bits per heavy atom. The van der Waals surface area contributed by atoms with Gasteiger partial charge < -0.3 is 19.6 Å². The quantitative estimate of drug-likeness (QED) is 0.593. The summed E-state index contributed by atoms with van der Waals surface area (Å²) in [4.78, 5) is 13.7. The number of Topliss-reactive ketones (excluding diaryl/α,β-unsaturated/α-hetero) is 1. The third-order valence-corrected chi connectivity index (χ3v) is 1.77. The summed E-state index contributed by atoms with van der Waals surface area (Å²) in [6, 6.07) is 1.59. The highest BCUT2D eigenvalue weighted by Crippen LogP contribution is 2.30. The van der Waals surface area contributed by atoms with Crippen LogP contribution in [-0.2, 0) is 0 Å². The number of hydrogen-bond donors (Lipinski definition) is 3. The number of aliphatic hydroxyl groups is 1. The van der Waals surface area contributed by atoms with Crippen molar-refractivity contribution in [1.29, 1.82) is 0 Å². The second-order valence-electron chi connectivity index (χ2n) is 2.58. The minimum Gasteiger partial charge on any atom is -0.503 e. The van der Waals surface area contributed by atoms with Crippen LogP contribution < -0.4 is 0 Å². The Morgan fingerprint density at radius 2 is 2.38 bits per heavy atom. The molecule has 0 aliphatic rings. The Hall–Kier alpha value is -1.75. The van der Waals surface area contributed by atoms with Gasteiger partial charge in [0.25, 0.3) is 0 Å². The van der Waals surface area contributed by atoms with Crippen LogP contribution in [0.25, 0.3) is 11.1 Å². The van der Waals surface area contributed by atoms with Crippen LogP contribution in [0.3, 0.4) is 0 Å². The molecule has 0 bridgehead atoms. The molecule has 0 saturated heterocycles. The van der Waals surface area contributed by atoms with E-state index in [0.29, 0.717) is 11.1 Å². The molecule has 5 heteroatoms. The minimum absolute atomic E-state index is 0.204. The van der Waals surface area contributed by atoms with E-state index in [1.165, 1.54) is 0 Å². The number of nitrogens with one attached hydrogen (secondary N) is 1. The zero-order valence-corrected chi connectivity index (χ0v) is 6.57. The first kappa shape index (κ1) is 7.88. The second-order valence-corrected chi connectivity index (χ2v) is 2.58. The highest BCUT2D eigenvalue weighted by molar-refractivity contribution is 6.01. The van der Waals surface area contributed by atoms with E-state index in [1.54, 1.807) is 12.3 Å². The number of aromatic hydroxyl groups is 1. The van der Waals surface area contributed by atoms with Gasteiger partial charge in [-0.25, -0.2) is 0 Å². The molecule has 68 valence electrons. The topological polar surface area (TPSA) is 86.5 Å². The fraction of sp³-hybridized carbons (Fsp3) is 0.125. The van der Waals surface area contributed by atoms with E-state index in [0.717, 1.165) is 0 Å². The van der Waals surface area contributed by atoms with Gasteiger partial charge in [0.2, 0.25) is 11.5 Å². The smallest absolute Gasteiger partial charge is 0.227 e. The maximum absolute atomic E-state index is 11.0. The van der Waals surface area contributed by atoms with Gasteiger partial charge >= 0.3 is 0 Å². The van der Waals surface area contributed by atoms with E-state index in [9.17, 15) is 9.90 Å². The van der Waals surface area contributed by atoms with Crippen LogP contribution in [0.4, 0.5) is 0 Å². The number of aromatic nitrogens is 1. The van der Waals surface area contributed by atoms with Crippen molar-refractivity contribution in [3.63, 3.8) is 0 Å². The Labute approximate surface area is 72.6 Å². The van der Waals surface area contributed by atoms with E-state index in [2.05, 4.69) is 4.98 Å². The molecule has 3 N–H and O–H groups in total. The summed E-state index contributed by atoms with van der Waals surface area (Å²) >= 11 is 0. The lowest BCUT2D eigenvalue weighted by atomic mass is 10.3. The lowest BCUT2D eigenvalue weighted by molar-refractivity contribution is 0.0874. The van der Waals surface area contributed by atoms with Crippen LogP contribution in [0.5, 0.6) is 5.75 Å². The minimum atomic E-state index is -0.677. The number of fused-ring (bicyclic) bond motifs is 1. The molecule has 0 spiro atoms. The number of carbonyl (C=O) groups excluding carboxylic acids is 1. The van der Waals surface area contributed by atoms with Crippen molar-refractivity contribution in [1.82, 2.24) is 4.98 Å². The number of ketones is 1. The molecule has 2 aromatic rings. The molecule has 0 aliphatic heterocycles. The fourth-order valence-corrected chi connectivity index (χ4v) is 1.16. The molecule has 0 aromatic carbocycles. The van der Waals surface area contributed by atoms with Crippen LogP contribution in [0.15, 0.2) is 16.7 Å². The van der Waals surface area contributed by atoms with Crippen LogP contribution in [-0.4, -0.2) is 27.6 Å². The zero-order valence-electron chi connectivity index (χ0n) is 6.57. The Kier molecular flexibility index (Phi) is 1.60. The Balaban J connectivity index is 2.64. The van der Waals surface area contributed by atoms with Crippen LogP contribution in [0, 0.1) is 0 Å². The number of hydrogen-bond acceptors (Lipinski definition) is 4. The molecule has 2 aromatic heterocycles. The van der Waals surface area contributed by atoms with Gasteiger partial charge in [0.1, 0.15) is 12.1 Å². The summed E-state index contributed by atoms with van der Waals surface area (Å²) in [6.07, 6.45) is 1.58. The average molecular weight is 181 g/mol. The van der Waals surface area contributed by atoms with E-state index < -0.39 is 12.4 Å². The molecule has 13 heavy (non-hydrogen) atoms. The van der Waals surface area contributed by atoms with Gasteiger partial charge in [-0.1, -0.05) is 0 Å². The molecule has 0 saturated carbocycles. The molecule has 0 amide bonds. The predicted octanol–water partition coefficient (Wildman–Crippen LogP) is 0.641. The molecule has 0 radical (unpaired) electrons. The third kappa shape index (κ3) is 1.01. The number of furan rings is 1. The summed E-state index contributed by atoms with van der Waals surface area (Å²) in [7, 11) is 0. The van der Waals surface area contributed by atoms with E-state index in [1.807, 2.05) is 0 Å². The first-order valence-electron chi connectivity index (χ1n) is 3.67. The SMILES string of the molecule is O=C(CO)c1oc2cc[nH]c2c1O. The van der Waals surface area contributed by atoms with E-state index in [4.69, 9.17) is 9.52 Å². The van der Waals surface area contributed by atoms with E-state index in [-0.39, 0.29) is 11.5 Å². The molecule has 5 nitrogen and oxygen atoms in total. The molecule has 0 atom stereocenters. The number of rotatable bonds is 2. The first-order chi connectivity index (χ1) is 6.24. The van der Waals surface area contributed by atoms with Crippen LogP contribution in [0.2, 0.25) is 0 Å². The Morgan fingerprint density at radius 3 is 3.00 bits per heavy atom. The van der Waals surface area contributed by atoms with Gasteiger partial charge in [-0.3, -0.25) is 4.79 Å². The van der Waals surface area contributed by atoms with Gasteiger partial charge in [-0.05, 0) is 6.07 Å². The summed E-state index contributed by atoms with van der Waals surface area (Å²) in [5.74, 6) is -1.09. The van der Waals surface area contributed by atoms with Crippen molar-refractivity contribution in [2.45, 2.75) is 0 Å². The molecule has 2 rings (SSSR count). The average Bonchev–Trinajstić information content (AvgIpc) is 2.68. The molecule has 0 aliphatic carbocycles. The monoisotopic (exact) mass is 181 g/mol. The van der Waals surface area contributed by atoms with Crippen LogP contribution >= 0.6 is 0 Å². The fourth-order valence-electron chi connectivity index (χ4n) is 1.16. The van der Waals surface area contributed by atoms with E-state index >= 15 is 0 Å². The van der Waals surface area contributed by atoms with Crippen molar-refractivity contribution < 1.29 is 19.4 Å². The highest BCUT2D eigenvalue weighted by Gasteiger charge is 2.19. The van der Waals surface area contributed by atoms with Gasteiger partial charge in [-0.15, -0.1) is 0 Å². The largest absolute Gasteiger partial charge is 0.503 e. The van der Waals surface area contributed by atoms with Crippen molar-refractivity contribution >= 4 is 16.9 Å². The highest BCUT2D eigenvalue weighted by atomic mass is 16.4. The zero-order chi connectivity index (χ0) is 9.42. The van der Waals surface area contributed by atoms with Crippen molar-refractivity contribution in [2.24, 2.45) is 0 Å². The molecule has 0 unspecified atom stereocenters. The van der Waals surface area contributed by atoms with Gasteiger partial charge in [0, 0.05) is 6.20 Å². The predicted molar refractivity (Wildman–Crippen MR) is 43.6 cm³/mol. The molecular formula is C8H7NO4. The van der Waals surface area contributed by atoms with Crippen molar-refractivity contribution in [2.75, 3.05) is 6.61 Å². The third-order valence-electron chi connectivity index (χ3n) is 1.77. The van der Waals surface area contributed by atoms with Crippen molar-refractivity contribution in [3.8, 4) is 5.75 Å². The number of carbonyl (C=O) groups is 1. The number of aromatic amines is 1. The lowest BCUT2D eigenvalue weighted by Gasteiger charge is -1.90. The summed E-state index contributed by atoms with van der Waals surface area (Å²) < 4.78 is 5.00. The van der Waals surface area contributed by atoms with Gasteiger partial charge in [-0.2, -0.15) is 0 Å². The lowest BCUT2D eigenvalue weighted by Crippen LogP contribution is -2.02. The second kappa shape index (κ2) is 2.63. The normalized spacial score (nSPS) is 10.8. The molecule has 0 fully saturated rings. The Bertz CT molecular complexity index is 454. The molecule has 2 heterocycles. The van der Waals surface area contributed by atoms with Crippen LogP contribution in [0.1, 0.15) is 10.6 Å². The summed E-state index contributed by atoms with van der Waals surface area (Å²) in [5.41, 5.74) is 0.770. The van der Waals surface area contributed by atoms with Gasteiger partial charge in [0.15, 0.2) is 11.3 Å². The summed E-state index contributed by atoms with van der Waals surface area (Å²) in [5, 5.41) is 18.0. The molecular weight excluding hydrogens is 174 g/mol. The number of aliphatic hydroxyl groups excluding tert-OH is 1. The first-order valence-corrected chi connectivity index (χ1v) is 3.67. The standard InChI is InChI=1S/C8H7NO4/c10-3-4(11)8-7(12)6-5(13-8)1-2-9-6/h1-2,9-10,12H,3H2. The maximum Gasteiger partial charge on any atom is 0.227 e. The van der Waals surface area contributed by atoms with Crippen molar-refractivity contribution in [3.05, 3.63) is 18.0 Å².